The zero-order chi connectivity index (χ0) is 14.3. The van der Waals surface area contributed by atoms with E-state index < -0.39 is 0 Å². The molecule has 2 N–H and O–H groups in total. The molecule has 3 nitrogen and oxygen atoms in total. The van der Waals surface area contributed by atoms with Gasteiger partial charge < -0.3 is 10.3 Å². The predicted octanol–water partition coefficient (Wildman–Crippen LogP) is 4.13. The van der Waals surface area contributed by atoms with Gasteiger partial charge in [0.1, 0.15) is 5.82 Å². The van der Waals surface area contributed by atoms with Gasteiger partial charge in [0.15, 0.2) is 0 Å². The smallest absolute Gasteiger partial charge is 0.201 e. The van der Waals surface area contributed by atoms with Crippen LogP contribution in [0.3, 0.4) is 0 Å². The Morgan fingerprint density at radius 2 is 1.90 bits per heavy atom. The molecule has 1 atom stereocenters. The number of hydrogen-bond acceptors (Lipinski definition) is 2. The summed E-state index contributed by atoms with van der Waals surface area (Å²) in [4.78, 5) is 4.28. The highest BCUT2D eigenvalue weighted by Gasteiger charge is 2.16. The number of nitrogens with zero attached hydrogens (tertiary/aromatic N) is 2. The molecular formula is C15H13BrFN3. The van der Waals surface area contributed by atoms with E-state index in [2.05, 4.69) is 20.9 Å². The molecular weight excluding hydrogens is 321 g/mol. The van der Waals surface area contributed by atoms with Gasteiger partial charge in [0, 0.05) is 4.47 Å². The minimum Gasteiger partial charge on any atom is -0.369 e. The number of halogens is 2. The molecule has 2 aromatic carbocycles. The number of nitrogens with two attached hydrogens (primary N) is 1. The van der Waals surface area contributed by atoms with E-state index >= 15 is 0 Å². The number of hydrogen-bond donors (Lipinski definition) is 1. The quantitative estimate of drug-likeness (QED) is 0.766. The van der Waals surface area contributed by atoms with Crippen LogP contribution in [0.2, 0.25) is 0 Å². The number of imidazole rings is 1. The van der Waals surface area contributed by atoms with Crippen molar-refractivity contribution in [1.82, 2.24) is 9.55 Å². The number of rotatable bonds is 2. The highest BCUT2D eigenvalue weighted by Crippen LogP contribution is 2.28. The second kappa shape index (κ2) is 4.90. The molecule has 5 heteroatoms. The third-order valence-electron chi connectivity index (χ3n) is 3.42. The summed E-state index contributed by atoms with van der Waals surface area (Å²) in [5.41, 5.74) is 8.49. The lowest BCUT2D eigenvalue weighted by atomic mass is 10.1. The van der Waals surface area contributed by atoms with Crippen LogP contribution < -0.4 is 5.73 Å². The minimum absolute atomic E-state index is 0.0186. The molecule has 20 heavy (non-hydrogen) atoms. The van der Waals surface area contributed by atoms with E-state index in [0.717, 1.165) is 10.0 Å². The normalized spacial score (nSPS) is 12.8. The van der Waals surface area contributed by atoms with E-state index in [4.69, 9.17) is 5.73 Å². The maximum Gasteiger partial charge on any atom is 0.201 e. The number of aromatic nitrogens is 2. The fourth-order valence-corrected chi connectivity index (χ4v) is 2.65. The molecule has 3 rings (SSSR count). The highest BCUT2D eigenvalue weighted by atomic mass is 79.9. The first kappa shape index (κ1) is 13.1. The largest absolute Gasteiger partial charge is 0.369 e. The van der Waals surface area contributed by atoms with Gasteiger partial charge in [-0.1, -0.05) is 28.1 Å². The van der Waals surface area contributed by atoms with Crippen molar-refractivity contribution in [3.8, 4) is 0 Å². The molecule has 1 heterocycles. The van der Waals surface area contributed by atoms with E-state index in [1.54, 1.807) is 6.07 Å². The van der Waals surface area contributed by atoms with Crippen LogP contribution in [-0.4, -0.2) is 9.55 Å². The van der Waals surface area contributed by atoms with E-state index in [1.807, 2.05) is 35.8 Å². The molecule has 0 bridgehead atoms. The van der Waals surface area contributed by atoms with Crippen molar-refractivity contribution in [2.45, 2.75) is 13.0 Å². The first-order chi connectivity index (χ1) is 9.56. The Labute approximate surface area is 124 Å². The van der Waals surface area contributed by atoms with Gasteiger partial charge >= 0.3 is 0 Å². The van der Waals surface area contributed by atoms with Crippen LogP contribution in [-0.2, 0) is 0 Å². The molecule has 0 saturated carbocycles. The van der Waals surface area contributed by atoms with Gasteiger partial charge in [-0.05, 0) is 42.8 Å². The van der Waals surface area contributed by atoms with Crippen molar-refractivity contribution < 1.29 is 4.39 Å². The summed E-state index contributed by atoms with van der Waals surface area (Å²) < 4.78 is 16.3. The number of anilines is 1. The van der Waals surface area contributed by atoms with Crippen molar-refractivity contribution in [3.05, 3.63) is 58.3 Å². The summed E-state index contributed by atoms with van der Waals surface area (Å²) in [7, 11) is 0. The third-order valence-corrected chi connectivity index (χ3v) is 3.95. The molecule has 0 amide bonds. The second-order valence-electron chi connectivity index (χ2n) is 4.70. The Morgan fingerprint density at radius 1 is 1.20 bits per heavy atom. The zero-order valence-corrected chi connectivity index (χ0v) is 12.4. The number of fused-ring (bicyclic) bond motifs is 1. The Balaban J connectivity index is 2.15. The van der Waals surface area contributed by atoms with Gasteiger partial charge in [0.05, 0.1) is 17.1 Å². The van der Waals surface area contributed by atoms with Gasteiger partial charge in [-0.3, -0.25) is 0 Å². The maximum atomic E-state index is 13.5. The summed E-state index contributed by atoms with van der Waals surface area (Å²) in [6, 6.07) is 12.5. The molecule has 1 aromatic heterocycles. The van der Waals surface area contributed by atoms with E-state index in [0.29, 0.717) is 17.0 Å². The fourth-order valence-electron chi connectivity index (χ4n) is 2.38. The molecule has 0 fully saturated rings. The second-order valence-corrected chi connectivity index (χ2v) is 5.62. The van der Waals surface area contributed by atoms with Gasteiger partial charge in [-0.2, -0.15) is 0 Å². The highest BCUT2D eigenvalue weighted by molar-refractivity contribution is 9.10. The van der Waals surface area contributed by atoms with Crippen molar-refractivity contribution in [2.24, 2.45) is 0 Å². The van der Waals surface area contributed by atoms with Crippen molar-refractivity contribution in [2.75, 3.05) is 5.73 Å². The zero-order valence-electron chi connectivity index (χ0n) is 10.8. The standard InChI is InChI=1S/C15H13BrFN3/c1-9(10-2-4-11(16)5-3-10)20-14-8-12(17)6-7-13(14)19-15(20)18/h2-9H,1H3,(H2,18,19). The van der Waals surface area contributed by atoms with Crippen LogP contribution in [0.1, 0.15) is 18.5 Å². The molecule has 102 valence electrons. The van der Waals surface area contributed by atoms with Crippen LogP contribution in [0.15, 0.2) is 46.9 Å². The molecule has 1 unspecified atom stereocenters. The van der Waals surface area contributed by atoms with Crippen LogP contribution in [0.5, 0.6) is 0 Å². The molecule has 0 aliphatic rings. The van der Waals surface area contributed by atoms with Crippen LogP contribution in [0.25, 0.3) is 11.0 Å². The molecule has 0 radical (unpaired) electrons. The molecule has 0 aliphatic carbocycles. The summed E-state index contributed by atoms with van der Waals surface area (Å²) in [6.45, 7) is 2.02. The van der Waals surface area contributed by atoms with Gasteiger partial charge in [0.2, 0.25) is 5.95 Å². The molecule has 0 spiro atoms. The Hall–Kier alpha value is -1.88. The fraction of sp³-hybridized carbons (Fsp3) is 0.133. The average Bonchev–Trinajstić information content (AvgIpc) is 2.74. The first-order valence-corrected chi connectivity index (χ1v) is 7.04. The van der Waals surface area contributed by atoms with Crippen LogP contribution >= 0.6 is 15.9 Å². The number of benzene rings is 2. The maximum absolute atomic E-state index is 13.5. The van der Waals surface area contributed by atoms with E-state index in [1.165, 1.54) is 12.1 Å². The van der Waals surface area contributed by atoms with Crippen molar-refractivity contribution in [3.63, 3.8) is 0 Å². The lowest BCUT2D eigenvalue weighted by molar-refractivity contribution is 0.625. The Bertz CT molecular complexity index is 765. The summed E-state index contributed by atoms with van der Waals surface area (Å²) in [5.74, 6) is 0.0997. The van der Waals surface area contributed by atoms with E-state index in [-0.39, 0.29) is 11.9 Å². The summed E-state index contributed by atoms with van der Waals surface area (Å²) in [6.07, 6.45) is 0. The molecule has 3 aromatic rings. The number of nitrogen functional groups attached to an aromatic ring is 1. The van der Waals surface area contributed by atoms with Crippen LogP contribution in [0.4, 0.5) is 10.3 Å². The van der Waals surface area contributed by atoms with Crippen LogP contribution in [0, 0.1) is 5.82 Å². The average molecular weight is 334 g/mol. The van der Waals surface area contributed by atoms with Gasteiger partial charge in [0.25, 0.3) is 0 Å². The SMILES string of the molecule is CC(c1ccc(Br)cc1)n1c(N)nc2ccc(F)cc21. The monoisotopic (exact) mass is 333 g/mol. The van der Waals surface area contributed by atoms with E-state index in [9.17, 15) is 4.39 Å². The summed E-state index contributed by atoms with van der Waals surface area (Å²) in [5, 5.41) is 0. The summed E-state index contributed by atoms with van der Waals surface area (Å²) >= 11 is 3.41. The topological polar surface area (TPSA) is 43.8 Å². The third kappa shape index (κ3) is 2.18. The lowest BCUT2D eigenvalue weighted by Crippen LogP contribution is -2.10. The first-order valence-electron chi connectivity index (χ1n) is 6.24. The minimum atomic E-state index is -0.290. The Morgan fingerprint density at radius 3 is 2.60 bits per heavy atom. The van der Waals surface area contributed by atoms with Crippen molar-refractivity contribution in [1.29, 1.82) is 0 Å². The van der Waals surface area contributed by atoms with Crippen molar-refractivity contribution >= 4 is 32.9 Å². The predicted molar refractivity (Wildman–Crippen MR) is 82.1 cm³/mol. The lowest BCUT2D eigenvalue weighted by Gasteiger charge is -2.16. The van der Waals surface area contributed by atoms with Gasteiger partial charge in [-0.15, -0.1) is 0 Å². The van der Waals surface area contributed by atoms with Gasteiger partial charge in [-0.25, -0.2) is 9.37 Å². The molecule has 0 saturated heterocycles. The molecule has 0 aliphatic heterocycles. The Kier molecular flexibility index (Phi) is 3.22.